The van der Waals surface area contributed by atoms with Crippen LogP contribution < -0.4 is 0 Å². The lowest BCUT2D eigenvalue weighted by molar-refractivity contribution is -0.145. The normalized spacial score (nSPS) is 25.2. The van der Waals surface area contributed by atoms with E-state index in [-0.39, 0.29) is 23.3 Å². The summed E-state index contributed by atoms with van der Waals surface area (Å²) in [5.74, 6) is 0.334. The van der Waals surface area contributed by atoms with Crippen molar-refractivity contribution in [3.05, 3.63) is 25.3 Å². The second-order valence-corrected chi connectivity index (χ2v) is 8.69. The third kappa shape index (κ3) is 5.28. The van der Waals surface area contributed by atoms with Crippen molar-refractivity contribution in [2.75, 3.05) is 52.5 Å². The Bertz CT molecular complexity index is 590. The molecule has 0 radical (unpaired) electrons. The van der Waals surface area contributed by atoms with Crippen molar-refractivity contribution < 1.29 is 14.3 Å². The van der Waals surface area contributed by atoms with Crippen LogP contribution in [0.2, 0.25) is 0 Å². The van der Waals surface area contributed by atoms with E-state index < -0.39 is 0 Å². The van der Waals surface area contributed by atoms with Crippen LogP contribution in [-0.4, -0.2) is 84.5 Å². The van der Waals surface area contributed by atoms with Crippen LogP contribution in [0, 0.1) is 5.92 Å². The highest BCUT2D eigenvalue weighted by Crippen LogP contribution is 2.38. The summed E-state index contributed by atoms with van der Waals surface area (Å²) in [5.41, 5.74) is -0.163. The lowest BCUT2D eigenvalue weighted by Crippen LogP contribution is -2.53. The van der Waals surface area contributed by atoms with Crippen LogP contribution in [-0.2, 0) is 14.3 Å². The zero-order chi connectivity index (χ0) is 20.7. The quantitative estimate of drug-likeness (QED) is 0.555. The van der Waals surface area contributed by atoms with Gasteiger partial charge in [-0.15, -0.1) is 13.2 Å². The van der Waals surface area contributed by atoms with E-state index in [0.29, 0.717) is 19.4 Å². The molecule has 29 heavy (non-hydrogen) atoms. The summed E-state index contributed by atoms with van der Waals surface area (Å²) in [5, 5.41) is 0. The molecule has 1 unspecified atom stereocenters. The number of morpholine rings is 1. The maximum atomic E-state index is 13.4. The molecule has 3 fully saturated rings. The summed E-state index contributed by atoms with van der Waals surface area (Å²) in [7, 11) is 0. The minimum atomic E-state index is -0.163. The number of rotatable bonds is 9. The summed E-state index contributed by atoms with van der Waals surface area (Å²) in [6.45, 7) is 14.5. The molecule has 6 heteroatoms. The Morgan fingerprint density at radius 1 is 1.14 bits per heavy atom. The lowest BCUT2D eigenvalue weighted by atomic mass is 9.86. The molecule has 0 bridgehead atoms. The van der Waals surface area contributed by atoms with E-state index in [1.54, 1.807) is 0 Å². The van der Waals surface area contributed by atoms with E-state index in [2.05, 4.69) is 23.0 Å². The molecule has 0 N–H and O–H groups in total. The highest BCUT2D eigenvalue weighted by Gasteiger charge is 2.44. The lowest BCUT2D eigenvalue weighted by Gasteiger charge is -2.41. The zero-order valence-corrected chi connectivity index (χ0v) is 17.8. The van der Waals surface area contributed by atoms with Crippen molar-refractivity contribution in [1.82, 2.24) is 14.7 Å². The number of likely N-dealkylation sites (tertiary alicyclic amines) is 2. The monoisotopic (exact) mass is 403 g/mol. The topological polar surface area (TPSA) is 53.1 Å². The fourth-order valence-corrected chi connectivity index (χ4v) is 5.19. The molecular weight excluding hydrogens is 366 g/mol. The molecular formula is C23H37N3O3. The molecule has 0 aromatic heterocycles. The van der Waals surface area contributed by atoms with E-state index in [1.165, 1.54) is 0 Å². The molecule has 0 spiro atoms. The van der Waals surface area contributed by atoms with E-state index >= 15 is 0 Å². The molecule has 3 aliphatic heterocycles. The molecule has 162 valence electrons. The first kappa shape index (κ1) is 22.0. The first-order chi connectivity index (χ1) is 14.1. The Balaban J connectivity index is 1.56. The third-order valence-electron chi connectivity index (χ3n) is 6.77. The number of ether oxygens (including phenoxy) is 1. The average molecular weight is 404 g/mol. The van der Waals surface area contributed by atoms with E-state index in [1.807, 2.05) is 17.1 Å². The molecule has 0 aromatic carbocycles. The SMILES string of the molecule is C=CCC1(CC=C)CCCN1C(=O)C1CCC(=O)N(CCCN2CCOCC2)C1. The second kappa shape index (κ2) is 10.4. The van der Waals surface area contributed by atoms with Crippen LogP contribution in [0.4, 0.5) is 0 Å². The third-order valence-corrected chi connectivity index (χ3v) is 6.77. The minimum Gasteiger partial charge on any atom is -0.379 e. The van der Waals surface area contributed by atoms with Gasteiger partial charge in [0.25, 0.3) is 0 Å². The van der Waals surface area contributed by atoms with Crippen LogP contribution in [0.25, 0.3) is 0 Å². The maximum Gasteiger partial charge on any atom is 0.227 e. The second-order valence-electron chi connectivity index (χ2n) is 8.69. The van der Waals surface area contributed by atoms with Gasteiger partial charge in [0.1, 0.15) is 0 Å². The van der Waals surface area contributed by atoms with Gasteiger partial charge in [-0.3, -0.25) is 14.5 Å². The molecule has 2 amide bonds. The molecule has 3 aliphatic rings. The molecule has 0 aromatic rings. The van der Waals surface area contributed by atoms with Gasteiger partial charge in [-0.25, -0.2) is 0 Å². The number of carbonyl (C=O) groups excluding carboxylic acids is 2. The van der Waals surface area contributed by atoms with E-state index in [4.69, 9.17) is 4.74 Å². The van der Waals surface area contributed by atoms with Crippen molar-refractivity contribution in [2.45, 2.75) is 50.5 Å². The number of nitrogens with zero attached hydrogens (tertiary/aromatic N) is 3. The maximum absolute atomic E-state index is 13.4. The van der Waals surface area contributed by atoms with Crippen LogP contribution in [0.15, 0.2) is 25.3 Å². The summed E-state index contributed by atoms with van der Waals surface area (Å²) in [4.78, 5) is 32.3. The Labute approximate surface area is 175 Å². The largest absolute Gasteiger partial charge is 0.379 e. The van der Waals surface area contributed by atoms with E-state index in [0.717, 1.165) is 78.0 Å². The first-order valence-corrected chi connectivity index (χ1v) is 11.2. The summed E-state index contributed by atoms with van der Waals surface area (Å²) in [6.07, 6.45) is 9.61. The standard InChI is InChI=1S/C23H37N3O3/c1-3-9-23(10-4-2)11-5-14-26(23)22(28)20-7-8-21(27)25(19-20)13-6-12-24-15-17-29-18-16-24/h3-4,20H,1-2,5-19H2. The number of amides is 2. The predicted octanol–water partition coefficient (Wildman–Crippen LogP) is 2.46. The van der Waals surface area contributed by atoms with Gasteiger partial charge < -0.3 is 14.5 Å². The Hall–Kier alpha value is -1.66. The van der Waals surface area contributed by atoms with Gasteiger partial charge in [-0.05, 0) is 38.5 Å². The van der Waals surface area contributed by atoms with Crippen molar-refractivity contribution in [3.63, 3.8) is 0 Å². The van der Waals surface area contributed by atoms with Crippen LogP contribution in [0.5, 0.6) is 0 Å². The minimum absolute atomic E-state index is 0.0804. The molecule has 3 heterocycles. The Morgan fingerprint density at radius 3 is 2.55 bits per heavy atom. The van der Waals surface area contributed by atoms with Crippen molar-refractivity contribution in [3.8, 4) is 0 Å². The molecule has 0 saturated carbocycles. The van der Waals surface area contributed by atoms with Gasteiger partial charge in [-0.2, -0.15) is 0 Å². The van der Waals surface area contributed by atoms with Gasteiger partial charge in [0.2, 0.25) is 11.8 Å². The highest BCUT2D eigenvalue weighted by atomic mass is 16.5. The predicted molar refractivity (Wildman–Crippen MR) is 114 cm³/mol. The average Bonchev–Trinajstić information content (AvgIpc) is 3.13. The van der Waals surface area contributed by atoms with Crippen molar-refractivity contribution in [2.24, 2.45) is 5.92 Å². The first-order valence-electron chi connectivity index (χ1n) is 11.2. The molecule has 1 atom stereocenters. The highest BCUT2D eigenvalue weighted by molar-refractivity contribution is 5.84. The number of piperidine rings is 1. The molecule has 3 saturated heterocycles. The fraction of sp³-hybridized carbons (Fsp3) is 0.739. The Morgan fingerprint density at radius 2 is 1.86 bits per heavy atom. The van der Waals surface area contributed by atoms with Gasteiger partial charge in [0.15, 0.2) is 0 Å². The van der Waals surface area contributed by atoms with Gasteiger partial charge in [0.05, 0.1) is 19.1 Å². The fourth-order valence-electron chi connectivity index (χ4n) is 5.19. The number of carbonyl (C=O) groups is 2. The van der Waals surface area contributed by atoms with Crippen LogP contribution >= 0.6 is 0 Å². The van der Waals surface area contributed by atoms with Gasteiger partial charge >= 0.3 is 0 Å². The van der Waals surface area contributed by atoms with Gasteiger partial charge in [0, 0.05) is 51.2 Å². The molecule has 6 nitrogen and oxygen atoms in total. The van der Waals surface area contributed by atoms with Crippen LogP contribution in [0.3, 0.4) is 0 Å². The summed E-state index contributed by atoms with van der Waals surface area (Å²) < 4.78 is 5.39. The molecule has 0 aliphatic carbocycles. The molecule has 3 rings (SSSR count). The zero-order valence-electron chi connectivity index (χ0n) is 17.8. The summed E-state index contributed by atoms with van der Waals surface area (Å²) >= 11 is 0. The van der Waals surface area contributed by atoms with Gasteiger partial charge in [-0.1, -0.05) is 12.2 Å². The summed E-state index contributed by atoms with van der Waals surface area (Å²) in [6, 6.07) is 0. The van der Waals surface area contributed by atoms with Crippen molar-refractivity contribution >= 4 is 11.8 Å². The number of hydrogen-bond acceptors (Lipinski definition) is 4. The Kier molecular flexibility index (Phi) is 7.90. The van der Waals surface area contributed by atoms with Crippen molar-refractivity contribution in [1.29, 1.82) is 0 Å². The number of hydrogen-bond donors (Lipinski definition) is 0. The van der Waals surface area contributed by atoms with E-state index in [9.17, 15) is 9.59 Å². The smallest absolute Gasteiger partial charge is 0.227 e. The van der Waals surface area contributed by atoms with Crippen LogP contribution in [0.1, 0.15) is 44.9 Å².